The lowest BCUT2D eigenvalue weighted by atomic mass is 10.0. The van der Waals surface area contributed by atoms with Crippen molar-refractivity contribution in [2.45, 2.75) is 22.7 Å². The number of aliphatic carboxylic acids is 1. The molecule has 0 aliphatic carbocycles. The smallest absolute Gasteiger partial charge is 0.352 e. The van der Waals surface area contributed by atoms with Crippen molar-refractivity contribution in [2.75, 3.05) is 12.4 Å². The number of thioether (sulfide) groups is 1. The van der Waals surface area contributed by atoms with Crippen molar-refractivity contribution in [3.05, 3.63) is 76.5 Å². The Labute approximate surface area is 225 Å². The fraction of sp³-hybridized carbons (Fsp3) is 0.208. The first kappa shape index (κ1) is 27.8. The minimum atomic E-state index is -4.58. The Kier molecular flexibility index (Phi) is 7.76. The Bertz CT molecular complexity index is 1530. The first-order valence-corrected chi connectivity index (χ1v) is 13.6. The number of fused-ring (bicyclic) bond motifs is 1. The van der Waals surface area contributed by atoms with Gasteiger partial charge in [0.25, 0.3) is 16.0 Å². The standard InChI is InChI=1S/C24H20N2O11S2/c27-17(9-12-5-1-4-8-16(12)39(34,35)36)25-18-20(28)26-19(23(31)32)13(11-38-21(18)26)10-37-24(33)15-7-3-2-6-14(15)22(29)30/h1-8,18,21H,9-11H2,(H,25,27)(H,29,30)(H,31,32)(H,34,35,36)/t18-,21-/m1/s1. The maximum atomic E-state index is 12.8. The monoisotopic (exact) mass is 576 g/mol. The van der Waals surface area contributed by atoms with Crippen LogP contribution >= 0.6 is 11.8 Å². The zero-order chi connectivity index (χ0) is 28.5. The summed E-state index contributed by atoms with van der Waals surface area (Å²) in [6, 6.07) is 9.56. The minimum absolute atomic E-state index is 0.0112. The van der Waals surface area contributed by atoms with Crippen LogP contribution in [0.1, 0.15) is 26.3 Å². The maximum Gasteiger partial charge on any atom is 0.352 e. The van der Waals surface area contributed by atoms with E-state index < -0.39 is 74.9 Å². The van der Waals surface area contributed by atoms with Gasteiger partial charge in [-0.25, -0.2) is 14.4 Å². The third-order valence-corrected chi connectivity index (χ3v) is 8.22. The molecule has 0 unspecified atom stereocenters. The Morgan fingerprint density at radius 3 is 2.28 bits per heavy atom. The third-order valence-electron chi connectivity index (χ3n) is 5.92. The molecule has 2 aliphatic rings. The highest BCUT2D eigenvalue weighted by molar-refractivity contribution is 8.00. The molecule has 39 heavy (non-hydrogen) atoms. The first-order valence-electron chi connectivity index (χ1n) is 11.1. The van der Waals surface area contributed by atoms with Crippen LogP contribution in [-0.2, 0) is 35.7 Å². The zero-order valence-electron chi connectivity index (χ0n) is 19.8. The van der Waals surface area contributed by atoms with Gasteiger partial charge < -0.3 is 20.3 Å². The lowest BCUT2D eigenvalue weighted by Crippen LogP contribution is -2.70. The number of hydrogen-bond acceptors (Lipinski definition) is 9. The molecule has 204 valence electrons. The molecule has 2 aromatic carbocycles. The van der Waals surface area contributed by atoms with E-state index in [9.17, 15) is 47.2 Å². The summed E-state index contributed by atoms with van der Waals surface area (Å²) in [6.07, 6.45) is -0.461. The molecule has 2 aliphatic heterocycles. The lowest BCUT2D eigenvalue weighted by molar-refractivity contribution is -0.150. The van der Waals surface area contributed by atoms with Gasteiger partial charge in [-0.05, 0) is 23.8 Å². The quantitative estimate of drug-likeness (QED) is 0.186. The summed E-state index contributed by atoms with van der Waals surface area (Å²) in [6.45, 7) is -0.513. The topological polar surface area (TPSA) is 205 Å². The number of rotatable bonds is 9. The number of nitrogens with zero attached hydrogens (tertiary/aromatic N) is 1. The SMILES string of the molecule is O=C(Cc1ccccc1S(=O)(=O)O)N[C@@H]1C(=O)N2C(C(=O)O)=C(COC(=O)c3ccccc3C(=O)O)CS[C@H]12. The second-order valence-electron chi connectivity index (χ2n) is 8.40. The number of ether oxygens (including phenoxy) is 1. The summed E-state index contributed by atoms with van der Waals surface area (Å²) in [5.74, 6) is -5.21. The molecule has 13 nitrogen and oxygen atoms in total. The highest BCUT2D eigenvalue weighted by Gasteiger charge is 2.54. The van der Waals surface area contributed by atoms with Crippen LogP contribution in [0.4, 0.5) is 0 Å². The Morgan fingerprint density at radius 1 is 1.00 bits per heavy atom. The van der Waals surface area contributed by atoms with E-state index in [-0.39, 0.29) is 28.0 Å². The van der Waals surface area contributed by atoms with Crippen LogP contribution in [-0.4, -0.2) is 81.6 Å². The van der Waals surface area contributed by atoms with Gasteiger partial charge in [0.2, 0.25) is 5.91 Å². The second-order valence-corrected chi connectivity index (χ2v) is 10.9. The molecular formula is C24H20N2O11S2. The van der Waals surface area contributed by atoms with Gasteiger partial charge >= 0.3 is 17.9 Å². The van der Waals surface area contributed by atoms with E-state index in [4.69, 9.17) is 4.74 Å². The van der Waals surface area contributed by atoms with Crippen molar-refractivity contribution in [2.24, 2.45) is 0 Å². The van der Waals surface area contributed by atoms with Gasteiger partial charge in [0.15, 0.2) is 0 Å². The molecule has 4 rings (SSSR count). The summed E-state index contributed by atoms with van der Waals surface area (Å²) < 4.78 is 37.6. The molecule has 0 saturated carbocycles. The second kappa shape index (κ2) is 10.9. The molecule has 2 heterocycles. The number of β-lactam (4-membered cyclic amide) rings is 1. The third kappa shape index (κ3) is 5.64. The number of carbonyl (C=O) groups excluding carboxylic acids is 3. The molecule has 2 atom stereocenters. The Hall–Kier alpha value is -4.21. The summed E-state index contributed by atoms with van der Waals surface area (Å²) in [4.78, 5) is 61.8. The number of amides is 2. The molecule has 2 amide bonds. The average Bonchev–Trinajstić information content (AvgIpc) is 2.89. The van der Waals surface area contributed by atoms with E-state index in [0.717, 1.165) is 22.7 Å². The van der Waals surface area contributed by atoms with E-state index in [1.54, 1.807) is 0 Å². The fourth-order valence-electron chi connectivity index (χ4n) is 4.17. The van der Waals surface area contributed by atoms with Gasteiger partial charge in [-0.3, -0.25) is 19.0 Å². The predicted octanol–water partition coefficient (Wildman–Crippen LogP) is 0.770. The van der Waals surface area contributed by atoms with Crippen molar-refractivity contribution < 1.29 is 51.9 Å². The van der Waals surface area contributed by atoms with Crippen LogP contribution in [0.25, 0.3) is 0 Å². The van der Waals surface area contributed by atoms with Gasteiger partial charge in [-0.15, -0.1) is 11.8 Å². The van der Waals surface area contributed by atoms with Gasteiger partial charge in [0.05, 0.1) is 22.4 Å². The number of hydrogen-bond donors (Lipinski definition) is 4. The van der Waals surface area contributed by atoms with Crippen molar-refractivity contribution >= 4 is 51.6 Å². The number of carboxylic acid groups (broad SMARTS) is 2. The fourth-order valence-corrected chi connectivity index (χ4v) is 6.22. The van der Waals surface area contributed by atoms with Crippen molar-refractivity contribution in [3.63, 3.8) is 0 Å². The van der Waals surface area contributed by atoms with Gasteiger partial charge in [-0.1, -0.05) is 30.3 Å². The number of benzene rings is 2. The van der Waals surface area contributed by atoms with Gasteiger partial charge in [0.1, 0.15) is 23.7 Å². The largest absolute Gasteiger partial charge is 0.478 e. The average molecular weight is 577 g/mol. The molecule has 0 aromatic heterocycles. The lowest BCUT2D eigenvalue weighted by Gasteiger charge is -2.49. The van der Waals surface area contributed by atoms with Crippen molar-refractivity contribution in [1.29, 1.82) is 0 Å². The van der Waals surface area contributed by atoms with Gasteiger partial charge in [0, 0.05) is 11.3 Å². The predicted molar refractivity (Wildman–Crippen MR) is 133 cm³/mol. The minimum Gasteiger partial charge on any atom is -0.478 e. The van der Waals surface area contributed by atoms with Crippen LogP contribution in [0.2, 0.25) is 0 Å². The molecular weight excluding hydrogens is 556 g/mol. The van der Waals surface area contributed by atoms with E-state index >= 15 is 0 Å². The molecule has 1 saturated heterocycles. The summed E-state index contributed by atoms with van der Waals surface area (Å²) in [5, 5.41) is 20.7. The Morgan fingerprint density at radius 2 is 1.64 bits per heavy atom. The first-order chi connectivity index (χ1) is 18.4. The number of carbonyl (C=O) groups is 5. The highest BCUT2D eigenvalue weighted by Crippen LogP contribution is 2.40. The number of aromatic carboxylic acids is 1. The zero-order valence-corrected chi connectivity index (χ0v) is 21.4. The molecule has 2 aromatic rings. The van der Waals surface area contributed by atoms with Crippen LogP contribution in [0.15, 0.2) is 64.7 Å². The van der Waals surface area contributed by atoms with Crippen molar-refractivity contribution in [1.82, 2.24) is 10.2 Å². The normalized spacial score (nSPS) is 18.6. The maximum absolute atomic E-state index is 12.8. The van der Waals surface area contributed by atoms with E-state index in [0.29, 0.717) is 0 Å². The van der Waals surface area contributed by atoms with E-state index in [1.165, 1.54) is 42.5 Å². The van der Waals surface area contributed by atoms with E-state index in [1.807, 2.05) is 0 Å². The van der Waals surface area contributed by atoms with Gasteiger partial charge in [-0.2, -0.15) is 8.42 Å². The summed E-state index contributed by atoms with van der Waals surface area (Å²) in [5.41, 5.74) is -0.807. The molecule has 0 bridgehead atoms. The van der Waals surface area contributed by atoms with Crippen molar-refractivity contribution in [3.8, 4) is 0 Å². The number of nitrogens with one attached hydrogen (secondary N) is 1. The van der Waals surface area contributed by atoms with Crippen LogP contribution < -0.4 is 5.32 Å². The Balaban J connectivity index is 1.46. The number of carboxylic acids is 2. The van der Waals surface area contributed by atoms with Crippen LogP contribution in [0.5, 0.6) is 0 Å². The molecule has 4 N–H and O–H groups in total. The number of esters is 1. The molecule has 1 fully saturated rings. The van der Waals surface area contributed by atoms with Crippen LogP contribution in [0, 0.1) is 0 Å². The van der Waals surface area contributed by atoms with E-state index in [2.05, 4.69) is 5.32 Å². The summed E-state index contributed by atoms with van der Waals surface area (Å²) in [7, 11) is -4.58. The summed E-state index contributed by atoms with van der Waals surface area (Å²) >= 11 is 1.11. The highest BCUT2D eigenvalue weighted by atomic mass is 32.2. The molecule has 15 heteroatoms. The molecule has 0 spiro atoms. The van der Waals surface area contributed by atoms with Crippen LogP contribution in [0.3, 0.4) is 0 Å². The molecule has 0 radical (unpaired) electrons.